The number of rotatable bonds is 6. The number of benzene rings is 3. The summed E-state index contributed by atoms with van der Waals surface area (Å²) in [6.45, 7) is 4.66. The molecule has 0 aliphatic carbocycles. The van der Waals surface area contributed by atoms with E-state index in [0.717, 1.165) is 0 Å². The highest BCUT2D eigenvalue weighted by Crippen LogP contribution is 2.56. The van der Waals surface area contributed by atoms with E-state index in [0.29, 0.717) is 5.92 Å². The zero-order chi connectivity index (χ0) is 16.8. The van der Waals surface area contributed by atoms with Gasteiger partial charge >= 0.3 is 0 Å². The van der Waals surface area contributed by atoms with Crippen molar-refractivity contribution in [2.24, 2.45) is 5.92 Å². The summed E-state index contributed by atoms with van der Waals surface area (Å²) in [5.74, 6) is 0.709. The van der Waals surface area contributed by atoms with E-state index in [1.54, 1.807) is 0 Å². The first-order valence-electron chi connectivity index (χ1n) is 8.78. The van der Waals surface area contributed by atoms with Crippen molar-refractivity contribution in [3.8, 4) is 0 Å². The van der Waals surface area contributed by atoms with Crippen LogP contribution in [0.5, 0.6) is 0 Å². The Balaban J connectivity index is 0.00000225. The normalized spacial score (nSPS) is 11.2. The van der Waals surface area contributed by atoms with Gasteiger partial charge in [-0.05, 0) is 48.7 Å². The Hall–Kier alpha value is -1.62. The Morgan fingerprint density at radius 2 is 0.920 bits per heavy atom. The maximum Gasteiger partial charge on any atom is 0.112 e. The molecule has 0 atom stereocenters. The van der Waals surface area contributed by atoms with E-state index >= 15 is 0 Å². The SMILES string of the molecule is CC(C)CC[P+](c1ccccc1)(c1ccccc1)c1ccccc1.[Cl-]. The van der Waals surface area contributed by atoms with Gasteiger partial charge in [-0.3, -0.25) is 0 Å². The smallest absolute Gasteiger partial charge is 0.112 e. The minimum absolute atomic E-state index is 0. The summed E-state index contributed by atoms with van der Waals surface area (Å²) in [5, 5.41) is 4.47. The van der Waals surface area contributed by atoms with Gasteiger partial charge in [-0.1, -0.05) is 68.4 Å². The third-order valence-electron chi connectivity index (χ3n) is 4.63. The van der Waals surface area contributed by atoms with Crippen molar-refractivity contribution < 1.29 is 12.4 Å². The van der Waals surface area contributed by atoms with Crippen LogP contribution in [0.4, 0.5) is 0 Å². The molecule has 0 bridgehead atoms. The van der Waals surface area contributed by atoms with Crippen molar-refractivity contribution in [1.29, 1.82) is 0 Å². The first kappa shape index (κ1) is 19.7. The zero-order valence-corrected chi connectivity index (χ0v) is 16.6. The average molecular weight is 369 g/mol. The molecule has 0 amide bonds. The van der Waals surface area contributed by atoms with Gasteiger partial charge in [0.2, 0.25) is 0 Å². The van der Waals surface area contributed by atoms with Crippen LogP contribution in [0.2, 0.25) is 0 Å². The molecule has 0 N–H and O–H groups in total. The predicted molar refractivity (Wildman–Crippen MR) is 109 cm³/mol. The maximum atomic E-state index is 2.33. The minimum atomic E-state index is -1.61. The summed E-state index contributed by atoms with van der Waals surface area (Å²) in [7, 11) is -1.61. The van der Waals surface area contributed by atoms with Crippen LogP contribution in [0.1, 0.15) is 20.3 Å². The Bertz CT molecular complexity index is 642. The van der Waals surface area contributed by atoms with E-state index in [4.69, 9.17) is 0 Å². The summed E-state index contributed by atoms with van der Waals surface area (Å²) >= 11 is 0. The molecule has 0 aliphatic heterocycles. The fourth-order valence-electron chi connectivity index (χ4n) is 3.33. The minimum Gasteiger partial charge on any atom is -1.00 e. The quantitative estimate of drug-likeness (QED) is 0.584. The lowest BCUT2D eigenvalue weighted by atomic mass is 10.2. The second-order valence-electron chi connectivity index (χ2n) is 6.72. The molecule has 3 aromatic carbocycles. The van der Waals surface area contributed by atoms with Crippen LogP contribution >= 0.6 is 7.26 Å². The lowest BCUT2D eigenvalue weighted by molar-refractivity contribution is -0.00000490. The van der Waals surface area contributed by atoms with Crippen LogP contribution in [0.15, 0.2) is 91.0 Å². The predicted octanol–water partition coefficient (Wildman–Crippen LogP) is 2.03. The molecule has 0 aliphatic rings. The van der Waals surface area contributed by atoms with Crippen molar-refractivity contribution in [2.45, 2.75) is 20.3 Å². The molecular weight excluding hydrogens is 343 g/mol. The van der Waals surface area contributed by atoms with Gasteiger partial charge in [0.15, 0.2) is 0 Å². The molecule has 0 saturated carbocycles. The van der Waals surface area contributed by atoms with E-state index in [9.17, 15) is 0 Å². The van der Waals surface area contributed by atoms with Gasteiger partial charge in [-0.2, -0.15) is 0 Å². The Morgan fingerprint density at radius 1 is 0.600 bits per heavy atom. The standard InChI is InChI=1S/C23H26P.ClH/c1-20(2)18-19-24(21-12-6-3-7-13-21,22-14-8-4-9-15-22)23-16-10-5-11-17-23;/h3-17,20H,18-19H2,1-2H3;1H/q+1;/p-1. The third-order valence-corrected chi connectivity index (χ3v) is 9.10. The molecule has 0 unspecified atom stereocenters. The van der Waals surface area contributed by atoms with Crippen molar-refractivity contribution in [3.05, 3.63) is 91.0 Å². The van der Waals surface area contributed by atoms with E-state index in [-0.39, 0.29) is 12.4 Å². The molecule has 0 heterocycles. The Kier molecular flexibility index (Phi) is 7.24. The number of hydrogen-bond donors (Lipinski definition) is 0. The van der Waals surface area contributed by atoms with Gasteiger partial charge in [-0.25, -0.2) is 0 Å². The second kappa shape index (κ2) is 9.18. The second-order valence-corrected chi connectivity index (χ2v) is 10.3. The van der Waals surface area contributed by atoms with Crippen molar-refractivity contribution in [1.82, 2.24) is 0 Å². The zero-order valence-electron chi connectivity index (χ0n) is 15.0. The fraction of sp³-hybridized carbons (Fsp3) is 0.217. The van der Waals surface area contributed by atoms with E-state index in [1.165, 1.54) is 28.5 Å². The van der Waals surface area contributed by atoms with Gasteiger partial charge in [0.1, 0.15) is 23.2 Å². The monoisotopic (exact) mass is 368 g/mol. The highest BCUT2D eigenvalue weighted by molar-refractivity contribution is 7.95. The van der Waals surface area contributed by atoms with E-state index < -0.39 is 7.26 Å². The van der Waals surface area contributed by atoms with Crippen molar-refractivity contribution in [3.63, 3.8) is 0 Å². The summed E-state index contributed by atoms with van der Waals surface area (Å²) in [6.07, 6.45) is 2.47. The van der Waals surface area contributed by atoms with Crippen LogP contribution in [0.25, 0.3) is 0 Å². The Morgan fingerprint density at radius 3 is 1.20 bits per heavy atom. The lowest BCUT2D eigenvalue weighted by Crippen LogP contribution is -3.00. The molecule has 0 aromatic heterocycles. The Labute approximate surface area is 159 Å². The first-order valence-corrected chi connectivity index (χ1v) is 10.8. The summed E-state index contributed by atoms with van der Waals surface area (Å²) in [4.78, 5) is 0. The van der Waals surface area contributed by atoms with Crippen molar-refractivity contribution >= 4 is 23.2 Å². The molecule has 25 heavy (non-hydrogen) atoms. The van der Waals surface area contributed by atoms with Gasteiger partial charge in [0.25, 0.3) is 0 Å². The van der Waals surface area contributed by atoms with E-state index in [1.807, 2.05) is 0 Å². The number of halogens is 1. The molecule has 0 nitrogen and oxygen atoms in total. The summed E-state index contributed by atoms with van der Waals surface area (Å²) in [5.41, 5.74) is 0. The first-order chi connectivity index (χ1) is 11.7. The molecule has 2 heteroatoms. The van der Waals surface area contributed by atoms with Crippen LogP contribution in [0, 0.1) is 5.92 Å². The molecular formula is C23H26ClP. The van der Waals surface area contributed by atoms with Crippen LogP contribution < -0.4 is 28.3 Å². The average Bonchev–Trinajstić information content (AvgIpc) is 2.65. The largest absolute Gasteiger partial charge is 1.00 e. The van der Waals surface area contributed by atoms with Gasteiger partial charge in [0, 0.05) is 0 Å². The van der Waals surface area contributed by atoms with Crippen LogP contribution in [0.3, 0.4) is 0 Å². The molecule has 3 rings (SSSR count). The van der Waals surface area contributed by atoms with Crippen molar-refractivity contribution in [2.75, 3.05) is 6.16 Å². The molecule has 0 radical (unpaired) electrons. The lowest BCUT2D eigenvalue weighted by Gasteiger charge is -2.28. The van der Waals surface area contributed by atoms with Gasteiger partial charge in [0.05, 0.1) is 6.16 Å². The summed E-state index contributed by atoms with van der Waals surface area (Å²) < 4.78 is 0. The van der Waals surface area contributed by atoms with Gasteiger partial charge < -0.3 is 12.4 Å². The fourth-order valence-corrected chi connectivity index (χ4v) is 7.95. The maximum absolute atomic E-state index is 2.33. The number of hydrogen-bond acceptors (Lipinski definition) is 0. The highest BCUT2D eigenvalue weighted by atomic mass is 35.5. The summed E-state index contributed by atoms with van der Waals surface area (Å²) in [6, 6.07) is 33.4. The van der Waals surface area contributed by atoms with E-state index in [2.05, 4.69) is 105 Å². The molecule has 0 saturated heterocycles. The topological polar surface area (TPSA) is 0 Å². The molecule has 0 fully saturated rings. The van der Waals surface area contributed by atoms with Crippen LogP contribution in [-0.2, 0) is 0 Å². The third kappa shape index (κ3) is 4.32. The molecule has 130 valence electrons. The van der Waals surface area contributed by atoms with Crippen LogP contribution in [-0.4, -0.2) is 6.16 Å². The van der Waals surface area contributed by atoms with Gasteiger partial charge in [-0.15, -0.1) is 0 Å². The molecule has 3 aromatic rings. The highest BCUT2D eigenvalue weighted by Gasteiger charge is 2.44. The molecule has 0 spiro atoms.